The predicted molar refractivity (Wildman–Crippen MR) is 46.7 cm³/mol. The molecule has 1 heterocycles. The van der Waals surface area contributed by atoms with Crippen LogP contribution in [0.4, 0.5) is 0 Å². The van der Waals surface area contributed by atoms with Gasteiger partial charge in [0.05, 0.1) is 6.61 Å². The Bertz CT molecular complexity index is 175. The number of carbonyl (C=O) groups excluding carboxylic acids is 1. The highest BCUT2D eigenvalue weighted by molar-refractivity contribution is 5.82. The minimum atomic E-state index is -0.215. The van der Waals surface area contributed by atoms with Crippen LogP contribution in [0.15, 0.2) is 0 Å². The summed E-state index contributed by atoms with van der Waals surface area (Å²) in [6.45, 7) is 5.31. The monoisotopic (exact) mass is 171 g/mol. The second-order valence-corrected chi connectivity index (χ2v) is 4.00. The fourth-order valence-corrected chi connectivity index (χ4v) is 1.68. The number of hydrogen-bond donors (Lipinski definition) is 1. The summed E-state index contributed by atoms with van der Waals surface area (Å²) >= 11 is 0. The third-order valence-corrected chi connectivity index (χ3v) is 2.47. The van der Waals surface area contributed by atoms with Gasteiger partial charge in [0, 0.05) is 18.5 Å². The van der Waals surface area contributed by atoms with Crippen LogP contribution in [0.3, 0.4) is 0 Å². The second kappa shape index (κ2) is 3.44. The van der Waals surface area contributed by atoms with Crippen LogP contribution in [0.1, 0.15) is 26.7 Å². The van der Waals surface area contributed by atoms with Gasteiger partial charge >= 0.3 is 0 Å². The third kappa shape index (κ3) is 1.78. The number of aliphatic hydroxyl groups excluding tert-OH is 1. The van der Waals surface area contributed by atoms with E-state index in [1.54, 1.807) is 4.90 Å². The van der Waals surface area contributed by atoms with Crippen LogP contribution in [-0.2, 0) is 4.79 Å². The standard InChI is InChI=1S/C9H17NO2/c1-9(2)4-3-5-10(6-7-11)8(9)12/h11H,3-7H2,1-2H3. The first kappa shape index (κ1) is 9.52. The number of rotatable bonds is 2. The second-order valence-electron chi connectivity index (χ2n) is 4.00. The molecule has 1 saturated heterocycles. The molecule has 1 fully saturated rings. The van der Waals surface area contributed by atoms with Crippen molar-refractivity contribution < 1.29 is 9.90 Å². The largest absolute Gasteiger partial charge is 0.395 e. The lowest BCUT2D eigenvalue weighted by Gasteiger charge is -2.36. The van der Waals surface area contributed by atoms with Crippen LogP contribution in [0.5, 0.6) is 0 Å². The molecule has 0 radical (unpaired) electrons. The first-order valence-corrected chi connectivity index (χ1v) is 4.48. The predicted octanol–water partition coefficient (Wildman–Crippen LogP) is 0.627. The number of hydrogen-bond acceptors (Lipinski definition) is 2. The number of likely N-dealkylation sites (tertiary alicyclic amines) is 1. The van der Waals surface area contributed by atoms with Crippen LogP contribution in [-0.4, -0.2) is 35.6 Å². The van der Waals surface area contributed by atoms with Gasteiger partial charge in [0.2, 0.25) is 5.91 Å². The molecule has 0 spiro atoms. The van der Waals surface area contributed by atoms with E-state index in [0.29, 0.717) is 6.54 Å². The van der Waals surface area contributed by atoms with E-state index in [1.165, 1.54) is 0 Å². The molecule has 3 heteroatoms. The lowest BCUT2D eigenvalue weighted by Crippen LogP contribution is -2.46. The van der Waals surface area contributed by atoms with Crippen LogP contribution < -0.4 is 0 Å². The Morgan fingerprint density at radius 2 is 2.25 bits per heavy atom. The number of aliphatic hydroxyl groups is 1. The third-order valence-electron chi connectivity index (χ3n) is 2.47. The topological polar surface area (TPSA) is 40.5 Å². The molecule has 1 N–H and O–H groups in total. The van der Waals surface area contributed by atoms with Gasteiger partial charge in [0.25, 0.3) is 0 Å². The molecule has 0 bridgehead atoms. The Balaban J connectivity index is 2.60. The lowest BCUT2D eigenvalue weighted by atomic mass is 9.83. The molecule has 12 heavy (non-hydrogen) atoms. The minimum absolute atomic E-state index is 0.0713. The maximum atomic E-state index is 11.7. The zero-order valence-corrected chi connectivity index (χ0v) is 7.84. The molecule has 0 aromatic carbocycles. The van der Waals surface area contributed by atoms with E-state index in [-0.39, 0.29) is 17.9 Å². The van der Waals surface area contributed by atoms with Gasteiger partial charge in [-0.2, -0.15) is 0 Å². The van der Waals surface area contributed by atoms with Crippen molar-refractivity contribution in [3.8, 4) is 0 Å². The van der Waals surface area contributed by atoms with E-state index in [1.807, 2.05) is 13.8 Å². The Morgan fingerprint density at radius 1 is 1.58 bits per heavy atom. The Kier molecular flexibility index (Phi) is 2.73. The van der Waals surface area contributed by atoms with Gasteiger partial charge in [-0.3, -0.25) is 4.79 Å². The van der Waals surface area contributed by atoms with Crippen LogP contribution in [0.25, 0.3) is 0 Å². The van der Waals surface area contributed by atoms with E-state index < -0.39 is 0 Å². The van der Waals surface area contributed by atoms with E-state index >= 15 is 0 Å². The van der Waals surface area contributed by atoms with Crippen molar-refractivity contribution in [1.82, 2.24) is 4.90 Å². The van der Waals surface area contributed by atoms with Crippen molar-refractivity contribution in [3.05, 3.63) is 0 Å². The molecule has 0 aromatic rings. The van der Waals surface area contributed by atoms with Crippen molar-refractivity contribution >= 4 is 5.91 Å². The molecule has 0 aliphatic carbocycles. The number of nitrogens with zero attached hydrogens (tertiary/aromatic N) is 1. The molecular formula is C9H17NO2. The molecule has 0 saturated carbocycles. The summed E-state index contributed by atoms with van der Waals surface area (Å²) in [4.78, 5) is 13.4. The number of piperidine rings is 1. The molecule has 0 aromatic heterocycles. The SMILES string of the molecule is CC1(C)CCCN(CCO)C1=O. The summed E-state index contributed by atoms with van der Waals surface area (Å²) in [6.07, 6.45) is 2.02. The molecule has 70 valence electrons. The van der Waals surface area contributed by atoms with Crippen LogP contribution in [0, 0.1) is 5.41 Å². The molecule has 1 rings (SSSR count). The minimum Gasteiger partial charge on any atom is -0.395 e. The smallest absolute Gasteiger partial charge is 0.228 e. The van der Waals surface area contributed by atoms with Gasteiger partial charge in [-0.05, 0) is 12.8 Å². The first-order chi connectivity index (χ1) is 5.58. The Labute approximate surface area is 73.4 Å². The van der Waals surface area contributed by atoms with Crippen LogP contribution in [0.2, 0.25) is 0 Å². The summed E-state index contributed by atoms with van der Waals surface area (Å²) in [6, 6.07) is 0. The van der Waals surface area contributed by atoms with Gasteiger partial charge in [-0.1, -0.05) is 13.8 Å². The van der Waals surface area contributed by atoms with Crippen molar-refractivity contribution in [2.75, 3.05) is 19.7 Å². The van der Waals surface area contributed by atoms with E-state index in [2.05, 4.69) is 0 Å². The molecular weight excluding hydrogens is 154 g/mol. The van der Waals surface area contributed by atoms with E-state index in [0.717, 1.165) is 19.4 Å². The average Bonchev–Trinajstić information content (AvgIpc) is 1.99. The normalized spacial score (nSPS) is 22.9. The summed E-state index contributed by atoms with van der Waals surface area (Å²) in [5.41, 5.74) is -0.215. The highest BCUT2D eigenvalue weighted by atomic mass is 16.3. The van der Waals surface area contributed by atoms with Crippen molar-refractivity contribution in [2.24, 2.45) is 5.41 Å². The number of carbonyl (C=O) groups is 1. The van der Waals surface area contributed by atoms with Gasteiger partial charge in [-0.25, -0.2) is 0 Å². The van der Waals surface area contributed by atoms with E-state index in [4.69, 9.17) is 5.11 Å². The Hall–Kier alpha value is -0.570. The van der Waals surface area contributed by atoms with Crippen LogP contribution >= 0.6 is 0 Å². The highest BCUT2D eigenvalue weighted by Gasteiger charge is 2.34. The number of β-amino-alcohol motifs (C(OH)–C–C–N with tert-alkyl or cyclic N) is 1. The fraction of sp³-hybridized carbons (Fsp3) is 0.889. The first-order valence-electron chi connectivity index (χ1n) is 4.48. The zero-order valence-electron chi connectivity index (χ0n) is 7.84. The van der Waals surface area contributed by atoms with Crippen molar-refractivity contribution in [1.29, 1.82) is 0 Å². The van der Waals surface area contributed by atoms with Gasteiger partial charge in [0.1, 0.15) is 0 Å². The lowest BCUT2D eigenvalue weighted by molar-refractivity contribution is -0.144. The summed E-state index contributed by atoms with van der Waals surface area (Å²) in [5, 5.41) is 8.71. The maximum Gasteiger partial charge on any atom is 0.228 e. The van der Waals surface area contributed by atoms with Crippen molar-refractivity contribution in [2.45, 2.75) is 26.7 Å². The fourth-order valence-electron chi connectivity index (χ4n) is 1.68. The molecule has 3 nitrogen and oxygen atoms in total. The molecule has 0 atom stereocenters. The number of amides is 1. The average molecular weight is 171 g/mol. The highest BCUT2D eigenvalue weighted by Crippen LogP contribution is 2.29. The summed E-state index contributed by atoms with van der Waals surface area (Å²) < 4.78 is 0. The van der Waals surface area contributed by atoms with Gasteiger partial charge < -0.3 is 10.0 Å². The van der Waals surface area contributed by atoms with E-state index in [9.17, 15) is 4.79 Å². The molecule has 1 amide bonds. The van der Waals surface area contributed by atoms with Gasteiger partial charge in [0.15, 0.2) is 0 Å². The van der Waals surface area contributed by atoms with Crippen molar-refractivity contribution in [3.63, 3.8) is 0 Å². The molecule has 1 aliphatic heterocycles. The van der Waals surface area contributed by atoms with Gasteiger partial charge in [-0.15, -0.1) is 0 Å². The summed E-state index contributed by atoms with van der Waals surface area (Å²) in [7, 11) is 0. The summed E-state index contributed by atoms with van der Waals surface area (Å²) in [5.74, 6) is 0.183. The Morgan fingerprint density at radius 3 is 2.83 bits per heavy atom. The quantitative estimate of drug-likeness (QED) is 0.662. The molecule has 0 unspecified atom stereocenters. The zero-order chi connectivity index (χ0) is 9.19. The molecule has 1 aliphatic rings. The maximum absolute atomic E-state index is 11.7.